The summed E-state index contributed by atoms with van der Waals surface area (Å²) in [6, 6.07) is 0.269. The highest BCUT2D eigenvalue weighted by Gasteiger charge is 2.25. The molecule has 0 aromatic rings. The Morgan fingerprint density at radius 2 is 1.42 bits per heavy atom. The lowest BCUT2D eigenvalue weighted by molar-refractivity contribution is -0.136. The first-order valence-electron chi connectivity index (χ1n) is 13.4. The minimum atomic E-state index is 0.269. The fourth-order valence-corrected chi connectivity index (χ4v) is 4.71. The van der Waals surface area contributed by atoms with Gasteiger partial charge in [-0.2, -0.15) is 0 Å². The highest BCUT2D eigenvalue weighted by atomic mass is 16.6. The van der Waals surface area contributed by atoms with E-state index in [-0.39, 0.29) is 6.04 Å². The van der Waals surface area contributed by atoms with E-state index in [1.54, 1.807) is 0 Å². The molecule has 1 fully saturated rings. The Labute approximate surface area is 192 Å². The molecular formula is C26H50N2O3. The maximum atomic E-state index is 12.6. The summed E-state index contributed by atoms with van der Waals surface area (Å²) in [6.45, 7) is 3.62. The summed E-state index contributed by atoms with van der Waals surface area (Å²) in [7, 11) is 0. The van der Waals surface area contributed by atoms with Crippen molar-refractivity contribution in [3.05, 3.63) is 0 Å². The summed E-state index contributed by atoms with van der Waals surface area (Å²) in [5.41, 5.74) is 2.23. The van der Waals surface area contributed by atoms with Crippen LogP contribution in [0.1, 0.15) is 135 Å². The number of likely N-dealkylation sites (tertiary alicyclic amines) is 1. The van der Waals surface area contributed by atoms with Crippen molar-refractivity contribution in [2.45, 2.75) is 141 Å². The van der Waals surface area contributed by atoms with Gasteiger partial charge in [0.15, 0.2) is 0 Å². The molecule has 1 heterocycles. The number of nitrogens with one attached hydrogen (secondary N) is 1. The van der Waals surface area contributed by atoms with Crippen molar-refractivity contribution in [3.8, 4) is 0 Å². The molecule has 5 heteroatoms. The van der Waals surface area contributed by atoms with Gasteiger partial charge in [0, 0.05) is 19.0 Å². The molecule has 0 aliphatic carbocycles. The Morgan fingerprint density at radius 3 is 1.97 bits per heavy atom. The molecule has 1 rings (SSSR count). The molecule has 0 aromatic carbocycles. The molecule has 0 bridgehead atoms. The lowest BCUT2D eigenvalue weighted by Gasteiger charge is -2.36. The predicted octanol–water partition coefficient (Wildman–Crippen LogP) is 6.70. The molecule has 1 aliphatic rings. The van der Waals surface area contributed by atoms with Crippen LogP contribution in [-0.4, -0.2) is 36.4 Å². The van der Waals surface area contributed by atoms with Gasteiger partial charge in [-0.1, -0.05) is 96.8 Å². The first kappa shape index (κ1) is 27.9. The third-order valence-corrected chi connectivity index (χ3v) is 6.63. The van der Waals surface area contributed by atoms with Gasteiger partial charge in [-0.25, -0.2) is 5.48 Å². The fraction of sp³-hybridized carbons (Fsp3) is 0.923. The van der Waals surface area contributed by atoms with Crippen molar-refractivity contribution in [3.63, 3.8) is 0 Å². The molecule has 1 N–H and O–H groups in total. The van der Waals surface area contributed by atoms with E-state index in [1.165, 1.54) is 96.3 Å². The van der Waals surface area contributed by atoms with E-state index >= 15 is 0 Å². The van der Waals surface area contributed by atoms with Crippen LogP contribution in [0.15, 0.2) is 0 Å². The van der Waals surface area contributed by atoms with Crippen LogP contribution < -0.4 is 5.48 Å². The standard InChI is InChI=1S/C26H50N2O3/c1-2-3-4-5-6-7-8-9-10-11-12-13-14-15-16-20-26(30)28-22-18-17-19-25(28)21-23-31-27-24-29/h24-25H,2-23H2,1H3,(H,27,29). The normalized spacial score (nSPS) is 16.4. The van der Waals surface area contributed by atoms with Crippen LogP contribution in [0.5, 0.6) is 0 Å². The van der Waals surface area contributed by atoms with Gasteiger partial charge in [-0.15, -0.1) is 0 Å². The van der Waals surface area contributed by atoms with Gasteiger partial charge >= 0.3 is 0 Å². The molecule has 31 heavy (non-hydrogen) atoms. The summed E-state index contributed by atoms with van der Waals surface area (Å²) in [4.78, 5) is 30.0. The molecule has 1 unspecified atom stereocenters. The Hall–Kier alpha value is -1.10. The first-order chi connectivity index (χ1) is 15.3. The smallest absolute Gasteiger partial charge is 0.230 e. The maximum absolute atomic E-state index is 12.6. The van der Waals surface area contributed by atoms with Gasteiger partial charge < -0.3 is 4.90 Å². The first-order valence-corrected chi connectivity index (χ1v) is 13.4. The summed E-state index contributed by atoms with van der Waals surface area (Å²) in [5.74, 6) is 0.308. The van der Waals surface area contributed by atoms with E-state index in [9.17, 15) is 9.59 Å². The van der Waals surface area contributed by atoms with E-state index < -0.39 is 0 Å². The third kappa shape index (κ3) is 15.4. The lowest BCUT2D eigenvalue weighted by Crippen LogP contribution is -2.44. The van der Waals surface area contributed by atoms with Crippen molar-refractivity contribution < 1.29 is 14.4 Å². The molecule has 0 aromatic heterocycles. The van der Waals surface area contributed by atoms with Gasteiger partial charge in [0.1, 0.15) is 0 Å². The Kier molecular flexibility index (Phi) is 18.7. The molecular weight excluding hydrogens is 388 g/mol. The molecule has 0 spiro atoms. The minimum Gasteiger partial charge on any atom is -0.340 e. The van der Waals surface area contributed by atoms with Crippen molar-refractivity contribution in [2.24, 2.45) is 0 Å². The number of unbranched alkanes of at least 4 members (excludes halogenated alkanes) is 14. The van der Waals surface area contributed by atoms with Crippen molar-refractivity contribution in [1.29, 1.82) is 0 Å². The minimum absolute atomic E-state index is 0.269. The highest BCUT2D eigenvalue weighted by molar-refractivity contribution is 5.76. The number of carbonyl (C=O) groups is 2. The van der Waals surface area contributed by atoms with E-state index in [0.717, 1.165) is 32.2 Å². The van der Waals surface area contributed by atoms with Crippen LogP contribution in [0.2, 0.25) is 0 Å². The molecule has 2 amide bonds. The quantitative estimate of drug-likeness (QED) is 0.123. The van der Waals surface area contributed by atoms with Gasteiger partial charge in [-0.05, 0) is 32.1 Å². The fourth-order valence-electron chi connectivity index (χ4n) is 4.71. The summed E-state index contributed by atoms with van der Waals surface area (Å²) < 4.78 is 0. The summed E-state index contributed by atoms with van der Waals surface area (Å²) in [6.07, 6.45) is 25.6. The SMILES string of the molecule is CCCCCCCCCCCCCCCCCC(=O)N1CCCCC1CCONC=O. The van der Waals surface area contributed by atoms with Crippen molar-refractivity contribution >= 4 is 12.3 Å². The Bertz CT molecular complexity index is 431. The summed E-state index contributed by atoms with van der Waals surface area (Å²) in [5, 5.41) is 0. The predicted molar refractivity (Wildman–Crippen MR) is 129 cm³/mol. The second-order valence-electron chi connectivity index (χ2n) is 9.31. The molecule has 182 valence electrons. The zero-order valence-corrected chi connectivity index (χ0v) is 20.4. The van der Waals surface area contributed by atoms with Crippen molar-refractivity contribution in [1.82, 2.24) is 10.4 Å². The van der Waals surface area contributed by atoms with Crippen LogP contribution in [-0.2, 0) is 14.4 Å². The largest absolute Gasteiger partial charge is 0.340 e. The molecule has 0 radical (unpaired) electrons. The van der Waals surface area contributed by atoms with E-state index in [2.05, 4.69) is 17.3 Å². The number of nitrogens with zero attached hydrogens (tertiary/aromatic N) is 1. The average Bonchev–Trinajstić information content (AvgIpc) is 2.79. The summed E-state index contributed by atoms with van der Waals surface area (Å²) >= 11 is 0. The number of amides is 2. The number of hydrogen-bond donors (Lipinski definition) is 1. The molecule has 1 aliphatic heterocycles. The van der Waals surface area contributed by atoms with Gasteiger partial charge in [0.25, 0.3) is 0 Å². The molecule has 1 saturated heterocycles. The number of hydroxylamine groups is 1. The van der Waals surface area contributed by atoms with Crippen LogP contribution in [0.3, 0.4) is 0 Å². The van der Waals surface area contributed by atoms with E-state index in [0.29, 0.717) is 25.3 Å². The Morgan fingerprint density at radius 1 is 0.871 bits per heavy atom. The van der Waals surface area contributed by atoms with Crippen LogP contribution in [0.4, 0.5) is 0 Å². The van der Waals surface area contributed by atoms with Crippen molar-refractivity contribution in [2.75, 3.05) is 13.2 Å². The second kappa shape index (κ2) is 20.8. The molecule has 5 nitrogen and oxygen atoms in total. The Balaban J connectivity index is 1.93. The maximum Gasteiger partial charge on any atom is 0.230 e. The number of carbonyl (C=O) groups excluding carboxylic acids is 2. The van der Waals surface area contributed by atoms with Crippen LogP contribution in [0.25, 0.3) is 0 Å². The van der Waals surface area contributed by atoms with Gasteiger partial charge in [-0.3, -0.25) is 14.4 Å². The lowest BCUT2D eigenvalue weighted by atomic mass is 9.98. The zero-order valence-electron chi connectivity index (χ0n) is 20.4. The average molecular weight is 439 g/mol. The van der Waals surface area contributed by atoms with Gasteiger partial charge in [0.2, 0.25) is 12.3 Å². The zero-order chi connectivity index (χ0) is 22.4. The number of hydrogen-bond acceptors (Lipinski definition) is 3. The van der Waals surface area contributed by atoms with Crippen LogP contribution in [0, 0.1) is 0 Å². The van der Waals surface area contributed by atoms with E-state index in [4.69, 9.17) is 4.84 Å². The van der Waals surface area contributed by atoms with E-state index in [1.807, 2.05) is 0 Å². The molecule has 1 atom stereocenters. The monoisotopic (exact) mass is 438 g/mol. The topological polar surface area (TPSA) is 58.6 Å². The van der Waals surface area contributed by atoms with Gasteiger partial charge in [0.05, 0.1) is 6.61 Å². The van der Waals surface area contributed by atoms with Crippen LogP contribution >= 0.6 is 0 Å². The molecule has 0 saturated carbocycles. The highest BCUT2D eigenvalue weighted by Crippen LogP contribution is 2.21. The number of piperidine rings is 1. The number of rotatable bonds is 21. The second-order valence-corrected chi connectivity index (χ2v) is 9.31. The third-order valence-electron chi connectivity index (χ3n) is 6.63.